The molecule has 0 aromatic rings. The lowest BCUT2D eigenvalue weighted by Crippen LogP contribution is -2.29. The van der Waals surface area contributed by atoms with E-state index in [1.165, 1.54) is 19.3 Å². The van der Waals surface area contributed by atoms with Gasteiger partial charge in [0, 0.05) is 0 Å². The van der Waals surface area contributed by atoms with Crippen LogP contribution in [0.2, 0.25) is 0 Å². The molecule has 0 saturated carbocycles. The molecule has 0 bridgehead atoms. The maximum absolute atomic E-state index is 9.31. The van der Waals surface area contributed by atoms with Gasteiger partial charge >= 0.3 is 0 Å². The van der Waals surface area contributed by atoms with E-state index in [1.807, 2.05) is 0 Å². The molecule has 1 heterocycles. The van der Waals surface area contributed by atoms with Gasteiger partial charge in [0.15, 0.2) is 0 Å². The van der Waals surface area contributed by atoms with Crippen LogP contribution < -0.4 is 0 Å². The van der Waals surface area contributed by atoms with Crippen LogP contribution in [-0.4, -0.2) is 35.2 Å². The van der Waals surface area contributed by atoms with Crippen molar-refractivity contribution in [1.29, 1.82) is 0 Å². The fourth-order valence-corrected chi connectivity index (χ4v) is 1.50. The second kappa shape index (κ2) is 5.81. The highest BCUT2D eigenvalue weighted by Crippen LogP contribution is 2.06. The van der Waals surface area contributed by atoms with Gasteiger partial charge in [-0.05, 0) is 51.6 Å². The van der Waals surface area contributed by atoms with Gasteiger partial charge in [-0.1, -0.05) is 18.3 Å². The minimum Gasteiger partial charge on any atom is -0.378 e. The summed E-state index contributed by atoms with van der Waals surface area (Å²) in [6, 6.07) is 0. The molecule has 0 aromatic carbocycles. The first kappa shape index (κ1) is 12.1. The van der Waals surface area contributed by atoms with E-state index in [9.17, 15) is 5.11 Å². The topological polar surface area (TPSA) is 23.5 Å². The maximum Gasteiger partial charge on any atom is 0.120 e. The predicted molar refractivity (Wildman–Crippen MR) is 62.1 cm³/mol. The highest BCUT2D eigenvalue weighted by atomic mass is 16.3. The Balaban J connectivity index is 2.29. The average Bonchev–Trinajstić information content (AvgIpc) is 2.17. The molecule has 1 aliphatic heterocycles. The van der Waals surface area contributed by atoms with Crippen molar-refractivity contribution in [3.63, 3.8) is 0 Å². The van der Waals surface area contributed by atoms with Crippen LogP contribution in [-0.2, 0) is 0 Å². The van der Waals surface area contributed by atoms with Gasteiger partial charge in [-0.25, -0.2) is 0 Å². The molecule has 0 aliphatic carbocycles. The Morgan fingerprint density at radius 3 is 2.40 bits per heavy atom. The van der Waals surface area contributed by atoms with E-state index in [0.29, 0.717) is 0 Å². The van der Waals surface area contributed by atoms with Crippen LogP contribution in [0.4, 0.5) is 0 Å². The first-order chi connectivity index (χ1) is 7.08. The molecule has 0 unspecified atom stereocenters. The first-order valence-corrected chi connectivity index (χ1v) is 5.53. The summed E-state index contributed by atoms with van der Waals surface area (Å²) in [5, 5.41) is 9.31. The summed E-state index contributed by atoms with van der Waals surface area (Å²) in [6.45, 7) is 6.44. The Kier molecular flexibility index (Phi) is 4.69. The lowest BCUT2D eigenvalue weighted by Gasteiger charge is -2.23. The zero-order valence-electron chi connectivity index (χ0n) is 9.64. The van der Waals surface area contributed by atoms with Gasteiger partial charge in [-0.3, -0.25) is 4.90 Å². The van der Waals surface area contributed by atoms with Crippen molar-refractivity contribution in [1.82, 2.24) is 4.90 Å². The molecule has 1 saturated heterocycles. The minimum atomic E-state index is -0.931. The maximum atomic E-state index is 9.31. The van der Waals surface area contributed by atoms with Gasteiger partial charge < -0.3 is 5.11 Å². The van der Waals surface area contributed by atoms with Crippen LogP contribution in [0, 0.1) is 23.7 Å². The summed E-state index contributed by atoms with van der Waals surface area (Å²) < 4.78 is 0. The molecule has 15 heavy (non-hydrogen) atoms. The molecule has 0 spiro atoms. The van der Waals surface area contributed by atoms with E-state index in [1.54, 1.807) is 13.8 Å². The number of aliphatic hydroxyl groups is 1. The SMILES string of the molecule is CC(C)(O)C#CC#CCN1CCCCC1. The number of piperidine rings is 1. The normalized spacial score (nSPS) is 17.3. The predicted octanol–water partition coefficient (Wildman–Crippen LogP) is 1.25. The Labute approximate surface area is 92.7 Å². The molecule has 82 valence electrons. The van der Waals surface area contributed by atoms with E-state index in [2.05, 4.69) is 28.6 Å². The zero-order chi connectivity index (χ0) is 11.1. The number of nitrogens with zero attached hydrogens (tertiary/aromatic N) is 1. The van der Waals surface area contributed by atoms with Gasteiger partial charge in [0.05, 0.1) is 6.54 Å². The Morgan fingerprint density at radius 1 is 1.13 bits per heavy atom. The molecule has 0 amide bonds. The quantitative estimate of drug-likeness (QED) is 0.651. The molecular weight excluding hydrogens is 186 g/mol. The van der Waals surface area contributed by atoms with Crippen LogP contribution >= 0.6 is 0 Å². The molecule has 0 atom stereocenters. The highest BCUT2D eigenvalue weighted by molar-refractivity contribution is 5.29. The molecule has 1 rings (SSSR count). The van der Waals surface area contributed by atoms with Crippen LogP contribution in [0.5, 0.6) is 0 Å². The van der Waals surface area contributed by atoms with E-state index >= 15 is 0 Å². The first-order valence-electron chi connectivity index (χ1n) is 5.53. The summed E-state index contributed by atoms with van der Waals surface area (Å²) >= 11 is 0. The lowest BCUT2D eigenvalue weighted by molar-refractivity contribution is 0.143. The van der Waals surface area contributed by atoms with Crippen molar-refractivity contribution in [2.75, 3.05) is 19.6 Å². The summed E-state index contributed by atoms with van der Waals surface area (Å²) in [5.74, 6) is 11.1. The molecule has 0 radical (unpaired) electrons. The van der Waals surface area contributed by atoms with Crippen molar-refractivity contribution >= 4 is 0 Å². The second-order valence-electron chi connectivity index (χ2n) is 4.45. The second-order valence-corrected chi connectivity index (χ2v) is 4.45. The number of hydrogen-bond acceptors (Lipinski definition) is 2. The Bertz CT molecular complexity index is 299. The van der Waals surface area contributed by atoms with Crippen molar-refractivity contribution in [2.45, 2.75) is 38.7 Å². The minimum absolute atomic E-state index is 0.806. The third-order valence-electron chi connectivity index (χ3n) is 2.27. The van der Waals surface area contributed by atoms with Gasteiger partial charge in [0.2, 0.25) is 0 Å². The van der Waals surface area contributed by atoms with Crippen LogP contribution in [0.3, 0.4) is 0 Å². The third-order valence-corrected chi connectivity index (χ3v) is 2.27. The molecule has 1 N–H and O–H groups in total. The van der Waals surface area contributed by atoms with Gasteiger partial charge in [0.25, 0.3) is 0 Å². The molecular formula is C13H19NO. The molecule has 1 fully saturated rings. The molecule has 2 heteroatoms. The Hall–Kier alpha value is -0.960. The number of rotatable bonds is 1. The third kappa shape index (κ3) is 6.18. The lowest BCUT2D eigenvalue weighted by atomic mass is 10.1. The highest BCUT2D eigenvalue weighted by Gasteiger charge is 2.07. The zero-order valence-corrected chi connectivity index (χ0v) is 9.64. The fraction of sp³-hybridized carbons (Fsp3) is 0.692. The Morgan fingerprint density at radius 2 is 1.80 bits per heavy atom. The van der Waals surface area contributed by atoms with Crippen LogP contribution in [0.1, 0.15) is 33.1 Å². The van der Waals surface area contributed by atoms with Crippen LogP contribution in [0.25, 0.3) is 0 Å². The number of likely N-dealkylation sites (tertiary alicyclic amines) is 1. The van der Waals surface area contributed by atoms with E-state index in [-0.39, 0.29) is 0 Å². The van der Waals surface area contributed by atoms with Gasteiger partial charge in [-0.15, -0.1) is 0 Å². The smallest absolute Gasteiger partial charge is 0.120 e. The van der Waals surface area contributed by atoms with Crippen molar-refractivity contribution in [3.8, 4) is 23.7 Å². The summed E-state index contributed by atoms with van der Waals surface area (Å²) in [7, 11) is 0. The van der Waals surface area contributed by atoms with E-state index < -0.39 is 5.60 Å². The summed E-state index contributed by atoms with van der Waals surface area (Å²) in [6.07, 6.45) is 3.93. The summed E-state index contributed by atoms with van der Waals surface area (Å²) in [4.78, 5) is 2.35. The van der Waals surface area contributed by atoms with Gasteiger partial charge in [-0.2, -0.15) is 0 Å². The largest absolute Gasteiger partial charge is 0.378 e. The van der Waals surface area contributed by atoms with Crippen molar-refractivity contribution in [2.24, 2.45) is 0 Å². The van der Waals surface area contributed by atoms with Gasteiger partial charge in [0.1, 0.15) is 5.60 Å². The number of hydrogen-bond donors (Lipinski definition) is 1. The molecule has 0 aromatic heterocycles. The van der Waals surface area contributed by atoms with E-state index in [0.717, 1.165) is 19.6 Å². The average molecular weight is 205 g/mol. The standard InChI is InChI=1S/C13H19NO/c1-13(2,15)9-5-3-6-10-14-11-7-4-8-12-14/h15H,4,7-8,10-12H2,1-2H3. The van der Waals surface area contributed by atoms with Crippen molar-refractivity contribution < 1.29 is 5.11 Å². The van der Waals surface area contributed by atoms with Crippen molar-refractivity contribution in [3.05, 3.63) is 0 Å². The molecule has 2 nitrogen and oxygen atoms in total. The fourth-order valence-electron chi connectivity index (χ4n) is 1.50. The summed E-state index contributed by atoms with van der Waals surface area (Å²) in [5.41, 5.74) is -0.931. The van der Waals surface area contributed by atoms with Crippen LogP contribution in [0.15, 0.2) is 0 Å². The monoisotopic (exact) mass is 205 g/mol. The van der Waals surface area contributed by atoms with E-state index in [4.69, 9.17) is 0 Å². The molecule has 1 aliphatic rings.